The van der Waals surface area contributed by atoms with Crippen LogP contribution in [0.15, 0.2) is 0 Å². The van der Waals surface area contributed by atoms with E-state index in [0.29, 0.717) is 0 Å². The van der Waals surface area contributed by atoms with Crippen LogP contribution in [0.2, 0.25) is 0 Å². The minimum Gasteiger partial charge on any atom is -1.00 e. The lowest BCUT2D eigenvalue weighted by molar-refractivity contribution is -0.890. The molecule has 23 heavy (non-hydrogen) atoms. The summed E-state index contributed by atoms with van der Waals surface area (Å²) >= 11 is 3.51. The zero-order valence-corrected chi connectivity index (χ0v) is 19.4. The average molecular weight is 457 g/mol. The van der Waals surface area contributed by atoms with Crippen molar-refractivity contribution in [3.8, 4) is 0 Å². The molecule has 0 aliphatic rings. The Balaban J connectivity index is 0. The lowest BCUT2D eigenvalue weighted by Gasteiger charge is -2.30. The van der Waals surface area contributed by atoms with Crippen LogP contribution < -0.4 is 17.0 Å². The van der Waals surface area contributed by atoms with Gasteiger partial charge in [-0.2, -0.15) is 0 Å². The van der Waals surface area contributed by atoms with Gasteiger partial charge in [-0.3, -0.25) is 0 Å². The van der Waals surface area contributed by atoms with Crippen LogP contribution in [0, 0.1) is 0 Å². The van der Waals surface area contributed by atoms with Crippen LogP contribution >= 0.6 is 15.9 Å². The molecule has 0 radical (unpaired) electrons. The fourth-order valence-electron chi connectivity index (χ4n) is 3.13. The monoisotopic (exact) mass is 455 g/mol. The van der Waals surface area contributed by atoms with Gasteiger partial charge in [0.15, 0.2) is 0 Å². The van der Waals surface area contributed by atoms with Crippen molar-refractivity contribution in [1.29, 1.82) is 0 Å². The van der Waals surface area contributed by atoms with Crippen LogP contribution in [0.1, 0.15) is 96.8 Å². The van der Waals surface area contributed by atoms with E-state index in [9.17, 15) is 0 Å². The van der Waals surface area contributed by atoms with Gasteiger partial charge in [-0.15, -0.1) is 0 Å². The predicted octanol–water partition coefficient (Wildman–Crippen LogP) is 3.94. The topological polar surface area (TPSA) is 0 Å². The molecule has 0 saturated carbocycles. The molecule has 0 aliphatic heterocycles. The minimum atomic E-state index is 0. The van der Waals surface area contributed by atoms with Crippen molar-refractivity contribution < 1.29 is 21.5 Å². The van der Waals surface area contributed by atoms with Gasteiger partial charge in [-0.05, 0) is 32.1 Å². The molecule has 0 aliphatic carbocycles. The van der Waals surface area contributed by atoms with Crippen molar-refractivity contribution >= 4 is 15.9 Å². The van der Waals surface area contributed by atoms with Crippen molar-refractivity contribution in [2.75, 3.05) is 32.5 Å². The van der Waals surface area contributed by atoms with Gasteiger partial charge in [0, 0.05) is 5.33 Å². The quantitative estimate of drug-likeness (QED) is 0.176. The van der Waals surface area contributed by atoms with Gasteiger partial charge in [0.1, 0.15) is 0 Å². The molecule has 0 fully saturated rings. The molecular formula is C20H43Br2N. The van der Waals surface area contributed by atoms with Crippen molar-refractivity contribution in [2.45, 2.75) is 96.8 Å². The average Bonchev–Trinajstić information content (AvgIpc) is 2.49. The summed E-state index contributed by atoms with van der Waals surface area (Å²) in [5, 5.41) is 1.17. The third-order valence-electron chi connectivity index (χ3n) is 4.76. The minimum absolute atomic E-state index is 0. The van der Waals surface area contributed by atoms with Crippen molar-refractivity contribution in [3.05, 3.63) is 0 Å². The summed E-state index contributed by atoms with van der Waals surface area (Å²) in [6, 6.07) is 0. The molecule has 0 aromatic rings. The Morgan fingerprint density at radius 1 is 0.565 bits per heavy atom. The molecule has 0 saturated heterocycles. The molecule has 0 N–H and O–H groups in total. The number of unbranched alkanes of at least 4 members (excludes halogenated alkanes) is 12. The van der Waals surface area contributed by atoms with Gasteiger partial charge >= 0.3 is 0 Å². The largest absolute Gasteiger partial charge is 1.00 e. The summed E-state index contributed by atoms with van der Waals surface area (Å²) < 4.78 is 1.23. The van der Waals surface area contributed by atoms with E-state index in [1.165, 1.54) is 113 Å². The van der Waals surface area contributed by atoms with Crippen molar-refractivity contribution in [2.24, 2.45) is 0 Å². The van der Waals surface area contributed by atoms with E-state index in [-0.39, 0.29) is 17.0 Å². The summed E-state index contributed by atoms with van der Waals surface area (Å²) in [6.07, 6.45) is 20.0. The first-order valence-electron chi connectivity index (χ1n) is 10.0. The van der Waals surface area contributed by atoms with Gasteiger partial charge in [-0.1, -0.05) is 80.6 Å². The second kappa shape index (κ2) is 19.2. The van der Waals surface area contributed by atoms with Crippen LogP contribution in [0.25, 0.3) is 0 Å². The molecule has 0 bridgehead atoms. The van der Waals surface area contributed by atoms with Crippen molar-refractivity contribution in [1.82, 2.24) is 0 Å². The van der Waals surface area contributed by atoms with E-state index in [2.05, 4.69) is 36.9 Å². The highest BCUT2D eigenvalue weighted by atomic mass is 79.9. The zero-order valence-electron chi connectivity index (χ0n) is 16.2. The van der Waals surface area contributed by atoms with E-state index in [1.807, 2.05) is 0 Å². The van der Waals surface area contributed by atoms with Gasteiger partial charge in [0.25, 0.3) is 0 Å². The number of halogens is 2. The number of quaternary nitrogens is 1. The standard InChI is InChI=1S/C20H43BrN.BrH/c1-4-5-6-7-8-9-10-11-13-16-19-22(2,3)20-17-14-12-15-18-21;/h4-20H2,1-3H3;1H/q+1;/p-1. The molecule has 0 amide bonds. The van der Waals surface area contributed by atoms with E-state index < -0.39 is 0 Å². The van der Waals surface area contributed by atoms with Crippen LogP contribution in [0.4, 0.5) is 0 Å². The van der Waals surface area contributed by atoms with Crippen LogP contribution in [0.5, 0.6) is 0 Å². The lowest BCUT2D eigenvalue weighted by atomic mass is 10.1. The Bertz CT molecular complexity index is 220. The number of hydrogen-bond donors (Lipinski definition) is 0. The number of alkyl halides is 1. The molecule has 0 rings (SSSR count). The second-order valence-corrected chi connectivity index (χ2v) is 8.46. The summed E-state index contributed by atoms with van der Waals surface area (Å²) in [6.45, 7) is 5.03. The predicted molar refractivity (Wildman–Crippen MR) is 106 cm³/mol. The van der Waals surface area contributed by atoms with E-state index in [1.54, 1.807) is 0 Å². The molecule has 0 unspecified atom stereocenters. The maximum Gasteiger partial charge on any atom is 0.0782 e. The molecule has 0 aromatic carbocycles. The summed E-state index contributed by atoms with van der Waals surface area (Å²) in [5.41, 5.74) is 0. The highest BCUT2D eigenvalue weighted by Crippen LogP contribution is 2.12. The van der Waals surface area contributed by atoms with Gasteiger partial charge in [0.2, 0.25) is 0 Å². The maximum absolute atomic E-state index is 3.51. The first-order chi connectivity index (χ1) is 10.6. The molecule has 142 valence electrons. The number of rotatable bonds is 17. The van der Waals surface area contributed by atoms with Gasteiger partial charge < -0.3 is 21.5 Å². The third kappa shape index (κ3) is 20.9. The summed E-state index contributed by atoms with van der Waals surface area (Å²) in [7, 11) is 4.83. The molecule has 0 spiro atoms. The Morgan fingerprint density at radius 3 is 1.30 bits per heavy atom. The van der Waals surface area contributed by atoms with Crippen LogP contribution in [0.3, 0.4) is 0 Å². The first-order valence-corrected chi connectivity index (χ1v) is 11.1. The smallest absolute Gasteiger partial charge is 0.0782 e. The molecule has 0 aromatic heterocycles. The van der Waals surface area contributed by atoms with E-state index in [4.69, 9.17) is 0 Å². The lowest BCUT2D eigenvalue weighted by Crippen LogP contribution is -3.00. The van der Waals surface area contributed by atoms with Crippen LogP contribution in [-0.2, 0) is 0 Å². The molecule has 0 heterocycles. The zero-order chi connectivity index (χ0) is 16.5. The maximum atomic E-state index is 3.51. The van der Waals surface area contributed by atoms with Crippen molar-refractivity contribution in [3.63, 3.8) is 0 Å². The van der Waals surface area contributed by atoms with E-state index in [0.717, 1.165) is 0 Å². The molecule has 0 atom stereocenters. The molecule has 1 nitrogen and oxygen atoms in total. The third-order valence-corrected chi connectivity index (χ3v) is 5.32. The Labute approximate surface area is 166 Å². The fourth-order valence-corrected chi connectivity index (χ4v) is 3.52. The highest BCUT2D eigenvalue weighted by molar-refractivity contribution is 9.09. The SMILES string of the molecule is CCCCCCCCCCCC[N+](C)(C)CCCCCCBr.[Br-]. The fraction of sp³-hybridized carbons (Fsp3) is 1.00. The first kappa shape index (κ1) is 26.2. The summed E-state index contributed by atoms with van der Waals surface area (Å²) in [5.74, 6) is 0. The van der Waals surface area contributed by atoms with Gasteiger partial charge in [0.05, 0.1) is 27.2 Å². The molecule has 3 heteroatoms. The number of hydrogen-bond acceptors (Lipinski definition) is 0. The Kier molecular flexibility index (Phi) is 21.9. The molecular weight excluding hydrogens is 414 g/mol. The second-order valence-electron chi connectivity index (χ2n) is 7.67. The number of nitrogens with zero attached hydrogens (tertiary/aromatic N) is 1. The Morgan fingerprint density at radius 2 is 0.913 bits per heavy atom. The van der Waals surface area contributed by atoms with Gasteiger partial charge in [-0.25, -0.2) is 0 Å². The Hall–Kier alpha value is 0.920. The summed E-state index contributed by atoms with van der Waals surface area (Å²) in [4.78, 5) is 0. The van der Waals surface area contributed by atoms with E-state index >= 15 is 0 Å². The normalized spacial score (nSPS) is 11.5. The highest BCUT2D eigenvalue weighted by Gasteiger charge is 2.13. The van der Waals surface area contributed by atoms with Crippen LogP contribution in [-0.4, -0.2) is 37.0 Å².